The number of carbonyl (C=O) groups excluding carboxylic acids is 1. The van der Waals surface area contributed by atoms with Crippen LogP contribution in [0.15, 0.2) is 45.3 Å². The maximum absolute atomic E-state index is 10.7. The SMILES string of the molecule is O=Cc1ccc(OCc2ccc([N+](=O)[O-])cc2Br)c(Br)c1. The zero-order chi connectivity index (χ0) is 15.4. The standard InChI is InChI=1S/C14H9Br2NO4/c15-12-6-11(17(19)20)3-2-10(12)8-21-14-4-1-9(7-18)5-13(14)16/h1-7H,8H2. The van der Waals surface area contributed by atoms with E-state index in [4.69, 9.17) is 4.74 Å². The van der Waals surface area contributed by atoms with Gasteiger partial charge < -0.3 is 4.74 Å². The number of nitrogens with zero attached hydrogens (tertiary/aromatic N) is 1. The van der Waals surface area contributed by atoms with Gasteiger partial charge in [-0.3, -0.25) is 14.9 Å². The van der Waals surface area contributed by atoms with Crippen molar-refractivity contribution in [2.24, 2.45) is 0 Å². The first-order valence-corrected chi connectivity index (χ1v) is 7.40. The largest absolute Gasteiger partial charge is 0.488 e. The quantitative estimate of drug-likeness (QED) is 0.410. The maximum atomic E-state index is 10.7. The van der Waals surface area contributed by atoms with E-state index in [0.29, 0.717) is 20.3 Å². The molecule has 0 amide bonds. The predicted molar refractivity (Wildman–Crippen MR) is 84.7 cm³/mol. The summed E-state index contributed by atoms with van der Waals surface area (Å²) in [6, 6.07) is 9.49. The lowest BCUT2D eigenvalue weighted by Crippen LogP contribution is -1.98. The topological polar surface area (TPSA) is 69.4 Å². The summed E-state index contributed by atoms with van der Waals surface area (Å²) in [6.07, 6.45) is 0.751. The molecule has 2 aromatic rings. The first-order valence-electron chi connectivity index (χ1n) is 5.81. The van der Waals surface area contributed by atoms with Crippen LogP contribution in [0.5, 0.6) is 5.75 Å². The minimum atomic E-state index is -0.454. The van der Waals surface area contributed by atoms with Crippen molar-refractivity contribution >= 4 is 43.8 Å². The fourth-order valence-corrected chi connectivity index (χ4v) is 2.62. The van der Waals surface area contributed by atoms with Crippen LogP contribution in [0, 0.1) is 10.1 Å². The zero-order valence-electron chi connectivity index (χ0n) is 10.6. The first-order chi connectivity index (χ1) is 10.0. The van der Waals surface area contributed by atoms with Crippen LogP contribution in [0.1, 0.15) is 15.9 Å². The Hall–Kier alpha value is -1.73. The molecule has 5 nitrogen and oxygen atoms in total. The Morgan fingerprint density at radius 3 is 2.48 bits per heavy atom. The average Bonchev–Trinajstić information content (AvgIpc) is 2.46. The van der Waals surface area contributed by atoms with Gasteiger partial charge in [0.1, 0.15) is 18.6 Å². The second kappa shape index (κ2) is 6.82. The normalized spacial score (nSPS) is 10.2. The number of carbonyl (C=O) groups is 1. The lowest BCUT2D eigenvalue weighted by atomic mass is 10.2. The van der Waals surface area contributed by atoms with Gasteiger partial charge in [-0.15, -0.1) is 0 Å². The molecular formula is C14H9Br2NO4. The molecule has 0 bridgehead atoms. The molecule has 0 fully saturated rings. The Morgan fingerprint density at radius 2 is 1.90 bits per heavy atom. The van der Waals surface area contributed by atoms with Gasteiger partial charge in [0.05, 0.1) is 9.40 Å². The van der Waals surface area contributed by atoms with E-state index in [1.165, 1.54) is 12.1 Å². The highest BCUT2D eigenvalue weighted by atomic mass is 79.9. The number of aldehydes is 1. The van der Waals surface area contributed by atoms with E-state index in [1.54, 1.807) is 24.3 Å². The average molecular weight is 415 g/mol. The highest BCUT2D eigenvalue weighted by Gasteiger charge is 2.10. The number of hydrogen-bond donors (Lipinski definition) is 0. The third kappa shape index (κ3) is 3.89. The third-order valence-electron chi connectivity index (χ3n) is 2.72. The Kier molecular flexibility index (Phi) is 5.08. The van der Waals surface area contributed by atoms with Crippen molar-refractivity contribution in [1.82, 2.24) is 0 Å². The van der Waals surface area contributed by atoms with Crippen LogP contribution in [0.3, 0.4) is 0 Å². The molecule has 0 saturated carbocycles. The van der Waals surface area contributed by atoms with Gasteiger partial charge in [-0.1, -0.05) is 15.9 Å². The van der Waals surface area contributed by atoms with Gasteiger partial charge in [0, 0.05) is 27.7 Å². The van der Waals surface area contributed by atoms with Gasteiger partial charge in [0.25, 0.3) is 5.69 Å². The first kappa shape index (κ1) is 15.7. The van der Waals surface area contributed by atoms with Gasteiger partial charge in [-0.25, -0.2) is 0 Å². The maximum Gasteiger partial charge on any atom is 0.270 e. The van der Waals surface area contributed by atoms with Crippen molar-refractivity contribution in [1.29, 1.82) is 0 Å². The molecule has 0 aromatic heterocycles. The van der Waals surface area contributed by atoms with E-state index in [1.807, 2.05) is 0 Å². The van der Waals surface area contributed by atoms with E-state index in [0.717, 1.165) is 11.8 Å². The number of nitro benzene ring substituents is 1. The highest BCUT2D eigenvalue weighted by Crippen LogP contribution is 2.28. The number of benzene rings is 2. The number of halogens is 2. The van der Waals surface area contributed by atoms with Crippen molar-refractivity contribution in [3.8, 4) is 5.75 Å². The number of ether oxygens (including phenoxy) is 1. The van der Waals surface area contributed by atoms with Crippen LogP contribution in [0.2, 0.25) is 0 Å². The van der Waals surface area contributed by atoms with Crippen molar-refractivity contribution < 1.29 is 14.5 Å². The van der Waals surface area contributed by atoms with Gasteiger partial charge in [0.15, 0.2) is 0 Å². The van der Waals surface area contributed by atoms with Gasteiger partial charge in [-0.2, -0.15) is 0 Å². The summed E-state index contributed by atoms with van der Waals surface area (Å²) in [4.78, 5) is 20.9. The molecule has 0 heterocycles. The molecule has 0 N–H and O–H groups in total. The van der Waals surface area contributed by atoms with Crippen molar-refractivity contribution in [3.05, 3.63) is 66.6 Å². The van der Waals surface area contributed by atoms with Crippen LogP contribution in [-0.4, -0.2) is 11.2 Å². The number of nitro groups is 1. The predicted octanol–water partition coefficient (Wildman–Crippen LogP) is 4.51. The molecule has 0 radical (unpaired) electrons. The molecule has 2 rings (SSSR count). The highest BCUT2D eigenvalue weighted by molar-refractivity contribution is 9.10. The molecule has 2 aromatic carbocycles. The molecule has 0 saturated heterocycles. The minimum Gasteiger partial charge on any atom is -0.488 e. The van der Waals surface area contributed by atoms with Crippen molar-refractivity contribution in [2.75, 3.05) is 0 Å². The summed E-state index contributed by atoms with van der Waals surface area (Å²) in [5.74, 6) is 0.589. The monoisotopic (exact) mass is 413 g/mol. The number of non-ortho nitro benzene ring substituents is 1. The van der Waals surface area contributed by atoms with Crippen LogP contribution in [0.25, 0.3) is 0 Å². The zero-order valence-corrected chi connectivity index (χ0v) is 13.8. The summed E-state index contributed by atoms with van der Waals surface area (Å²) in [5, 5.41) is 10.7. The van der Waals surface area contributed by atoms with E-state index in [9.17, 15) is 14.9 Å². The van der Waals surface area contributed by atoms with Gasteiger partial charge in [-0.05, 0) is 40.2 Å². The van der Waals surface area contributed by atoms with Crippen LogP contribution < -0.4 is 4.74 Å². The summed E-state index contributed by atoms with van der Waals surface area (Å²) in [7, 11) is 0. The molecule has 0 aliphatic carbocycles. The molecule has 0 unspecified atom stereocenters. The number of hydrogen-bond acceptors (Lipinski definition) is 4. The smallest absolute Gasteiger partial charge is 0.270 e. The Balaban J connectivity index is 2.13. The second-order valence-corrected chi connectivity index (χ2v) is 5.84. The Bertz CT molecular complexity index is 703. The number of rotatable bonds is 5. The fraction of sp³-hybridized carbons (Fsp3) is 0.0714. The van der Waals surface area contributed by atoms with E-state index >= 15 is 0 Å². The van der Waals surface area contributed by atoms with E-state index in [2.05, 4.69) is 31.9 Å². The molecule has 21 heavy (non-hydrogen) atoms. The summed E-state index contributed by atoms with van der Waals surface area (Å²) < 4.78 is 6.92. The second-order valence-electron chi connectivity index (χ2n) is 4.13. The molecule has 0 atom stereocenters. The summed E-state index contributed by atoms with van der Waals surface area (Å²) in [6.45, 7) is 0.248. The molecule has 7 heteroatoms. The minimum absolute atomic E-state index is 0.0159. The molecular weight excluding hydrogens is 406 g/mol. The molecule has 108 valence electrons. The van der Waals surface area contributed by atoms with Crippen LogP contribution in [0.4, 0.5) is 5.69 Å². The molecule has 0 aliphatic heterocycles. The van der Waals surface area contributed by atoms with Crippen LogP contribution >= 0.6 is 31.9 Å². The molecule has 0 aliphatic rings. The fourth-order valence-electron chi connectivity index (χ4n) is 1.63. The Morgan fingerprint density at radius 1 is 1.14 bits per heavy atom. The van der Waals surface area contributed by atoms with E-state index in [-0.39, 0.29) is 12.3 Å². The summed E-state index contributed by atoms with van der Waals surface area (Å²) in [5.41, 5.74) is 1.35. The molecule has 0 spiro atoms. The van der Waals surface area contributed by atoms with Gasteiger partial charge >= 0.3 is 0 Å². The van der Waals surface area contributed by atoms with Gasteiger partial charge in [0.2, 0.25) is 0 Å². The van der Waals surface area contributed by atoms with Crippen molar-refractivity contribution in [2.45, 2.75) is 6.61 Å². The van der Waals surface area contributed by atoms with Crippen LogP contribution in [-0.2, 0) is 6.61 Å². The third-order valence-corrected chi connectivity index (χ3v) is 4.08. The lowest BCUT2D eigenvalue weighted by Gasteiger charge is -2.10. The lowest BCUT2D eigenvalue weighted by molar-refractivity contribution is -0.384. The summed E-state index contributed by atoms with van der Waals surface area (Å²) >= 11 is 6.61. The Labute approximate surface area is 137 Å². The van der Waals surface area contributed by atoms with E-state index < -0.39 is 4.92 Å². The van der Waals surface area contributed by atoms with Crippen molar-refractivity contribution in [3.63, 3.8) is 0 Å².